The van der Waals surface area contributed by atoms with Crippen LogP contribution in [0, 0.1) is 17.8 Å². The molecular formula is C110H199N3O35. The third kappa shape index (κ3) is 122. The van der Waals surface area contributed by atoms with Crippen LogP contribution in [0.4, 0.5) is 0 Å². The van der Waals surface area contributed by atoms with Gasteiger partial charge in [-0.1, -0.05) is 218 Å². The van der Waals surface area contributed by atoms with Crippen LogP contribution in [0.1, 0.15) is 393 Å². The summed E-state index contributed by atoms with van der Waals surface area (Å²) in [5.74, 6) is -8.48. The lowest BCUT2D eigenvalue weighted by molar-refractivity contribution is -0.144. The summed E-state index contributed by atoms with van der Waals surface area (Å²) >= 11 is 0. The number of carboxylic acid groups (broad SMARTS) is 6. The molecule has 9 N–H and O–H groups in total. The predicted octanol–water partition coefficient (Wildman–Crippen LogP) is 17.0. The van der Waals surface area contributed by atoms with Crippen LogP contribution < -0.4 is 16.0 Å². The molecule has 0 aliphatic rings. The van der Waals surface area contributed by atoms with Gasteiger partial charge in [0.2, 0.25) is 17.7 Å². The van der Waals surface area contributed by atoms with E-state index in [2.05, 4.69) is 16.0 Å². The van der Waals surface area contributed by atoms with Crippen LogP contribution in [0.5, 0.6) is 0 Å². The normalized spacial score (nSPS) is 11.8. The molecule has 3 amide bonds. The maximum absolute atomic E-state index is 12.4. The Hall–Kier alpha value is -7.31. The minimum atomic E-state index is -1.05. The third-order valence-corrected chi connectivity index (χ3v) is 24.0. The maximum atomic E-state index is 12.4. The van der Waals surface area contributed by atoms with Crippen LogP contribution in [-0.2, 0) is 138 Å². The summed E-state index contributed by atoms with van der Waals surface area (Å²) < 4.78 is 75.3. The molecule has 0 spiro atoms. The molecule has 0 bridgehead atoms. The number of amides is 3. The highest BCUT2D eigenvalue weighted by Crippen LogP contribution is 2.23. The average Bonchev–Trinajstić information content (AvgIpc) is 0.936. The zero-order valence-electron chi connectivity index (χ0n) is 91.2. The van der Waals surface area contributed by atoms with Gasteiger partial charge in [-0.15, -0.1) is 0 Å². The Bertz CT molecular complexity index is 3230. The van der Waals surface area contributed by atoms with Gasteiger partial charge in [-0.2, -0.15) is 0 Å². The summed E-state index contributed by atoms with van der Waals surface area (Å²) in [6, 6.07) is 0. The van der Waals surface area contributed by atoms with Gasteiger partial charge in [0.1, 0.15) is 34.7 Å². The summed E-state index contributed by atoms with van der Waals surface area (Å²) in [6.45, 7) is 17.0. The number of nitrogens with one attached hydrogen (secondary N) is 3. The second-order valence-electron chi connectivity index (χ2n) is 37.8. The van der Waals surface area contributed by atoms with Gasteiger partial charge in [-0.05, 0) is 78.6 Å². The first-order valence-electron chi connectivity index (χ1n) is 55.9. The average molecular weight is 2120 g/mol. The lowest BCUT2D eigenvalue weighted by Gasteiger charge is -2.12. The number of hydrogen-bond donors (Lipinski definition) is 9. The molecule has 0 saturated heterocycles. The van der Waals surface area contributed by atoms with Gasteiger partial charge in [0, 0.05) is 116 Å². The molecule has 0 aliphatic carbocycles. The lowest BCUT2D eigenvalue weighted by Crippen LogP contribution is -2.29. The molecule has 38 nitrogen and oxygen atoms in total. The van der Waals surface area contributed by atoms with E-state index in [-0.39, 0.29) is 129 Å². The number of hydrogen-bond acceptors (Lipinski definition) is 29. The smallest absolute Gasteiger partial charge is 0.306 e. The first-order valence-corrected chi connectivity index (χ1v) is 55.9. The summed E-state index contributed by atoms with van der Waals surface area (Å²) in [5, 5.41) is 62.6. The Morgan fingerprint density at radius 1 is 0.169 bits per heavy atom. The molecule has 0 aromatic carbocycles. The van der Waals surface area contributed by atoms with Gasteiger partial charge in [0.25, 0.3) is 0 Å². The van der Waals surface area contributed by atoms with E-state index < -0.39 is 53.6 Å². The fourth-order valence-electron chi connectivity index (χ4n) is 15.2. The van der Waals surface area contributed by atoms with Gasteiger partial charge in [-0.3, -0.25) is 71.9 Å². The molecule has 0 fully saturated rings. The van der Waals surface area contributed by atoms with Crippen molar-refractivity contribution in [3.8, 4) is 0 Å². The number of carbonyl (C=O) groups excluding carboxylic acids is 9. The topological polar surface area (TPSA) is 543 Å². The number of Topliss-reactive ketones (excluding diaryl/α,β-unsaturated/α-hetero) is 6. The number of aliphatic carboxylic acids is 6. The van der Waals surface area contributed by atoms with Gasteiger partial charge < -0.3 is 113 Å². The Kier molecular flexibility index (Phi) is 113. The third-order valence-electron chi connectivity index (χ3n) is 24.0. The zero-order chi connectivity index (χ0) is 109. The molecule has 0 saturated carbocycles. The highest BCUT2D eigenvalue weighted by molar-refractivity contribution is 5.86. The molecule has 0 aromatic heterocycles. The van der Waals surface area contributed by atoms with Crippen LogP contribution in [0.2, 0.25) is 0 Å². The Labute approximate surface area is 884 Å². The molecule has 0 unspecified atom stereocenters. The van der Waals surface area contributed by atoms with Crippen molar-refractivity contribution in [3.05, 3.63) is 0 Å². The second-order valence-corrected chi connectivity index (χ2v) is 37.8. The van der Waals surface area contributed by atoms with E-state index in [0.29, 0.717) is 243 Å². The number of rotatable bonds is 118. The largest absolute Gasteiger partial charge is 0.481 e. The fraction of sp³-hybridized carbons (Fsp3) is 0.864. The first kappa shape index (κ1) is 145. The van der Waals surface area contributed by atoms with Gasteiger partial charge in [-0.25, -0.2) is 0 Å². The summed E-state index contributed by atoms with van der Waals surface area (Å²) in [5.41, 5.74) is 0. The SMILES string of the molecule is CC(=O)CCOCCOCCOCCOCCNC(=O)CC[C@H](CC(=O)CCCCCCCCCCCCCCC(=O)O)C(=O)O.CC(=O)CCOCCOCCOCCOCCNC(=O)CC[C@H](CC(=O)CCCCCCCCCCCCCCCCC(=O)O)C(=O)O.CC(=O)CCOCCOCCOCCOCCOCCOCCNC(=O)CC[C@H](CC(=O)CCCCCCCCCCCCCCCCC(=O)O)C(=O)O. The highest BCUT2D eigenvalue weighted by Gasteiger charge is 2.26. The van der Waals surface area contributed by atoms with Gasteiger partial charge in [0.15, 0.2) is 0 Å². The predicted molar refractivity (Wildman–Crippen MR) is 562 cm³/mol. The second kappa shape index (κ2) is 115. The van der Waals surface area contributed by atoms with E-state index in [1.54, 1.807) is 0 Å². The monoisotopic (exact) mass is 2120 g/mol. The zero-order valence-corrected chi connectivity index (χ0v) is 91.2. The van der Waals surface area contributed by atoms with Crippen LogP contribution in [0.3, 0.4) is 0 Å². The van der Waals surface area contributed by atoms with Crippen molar-refractivity contribution in [1.82, 2.24) is 16.0 Å². The molecule has 864 valence electrons. The molecule has 0 aliphatic heterocycles. The maximum Gasteiger partial charge on any atom is 0.306 e. The summed E-state index contributed by atoms with van der Waals surface area (Å²) in [6.07, 6.45) is 47.3. The minimum Gasteiger partial charge on any atom is -0.481 e. The van der Waals surface area contributed by atoms with Crippen molar-refractivity contribution < 1.29 is 169 Å². The van der Waals surface area contributed by atoms with Crippen LogP contribution in [0.25, 0.3) is 0 Å². The number of carbonyl (C=O) groups is 15. The van der Waals surface area contributed by atoms with Crippen molar-refractivity contribution in [2.24, 2.45) is 17.8 Å². The van der Waals surface area contributed by atoms with E-state index in [9.17, 15) is 87.2 Å². The van der Waals surface area contributed by atoms with E-state index in [1.165, 1.54) is 136 Å². The molecule has 3 atom stereocenters. The van der Waals surface area contributed by atoms with Crippen LogP contribution >= 0.6 is 0 Å². The van der Waals surface area contributed by atoms with Crippen molar-refractivity contribution >= 4 is 88.2 Å². The van der Waals surface area contributed by atoms with Gasteiger partial charge >= 0.3 is 35.8 Å². The Balaban J connectivity index is -0.00000214. The Morgan fingerprint density at radius 3 is 0.446 bits per heavy atom. The number of carboxylic acids is 6. The van der Waals surface area contributed by atoms with E-state index in [1.807, 2.05) is 0 Å². The molecule has 0 radical (unpaired) electrons. The van der Waals surface area contributed by atoms with E-state index >= 15 is 0 Å². The molecule has 148 heavy (non-hydrogen) atoms. The highest BCUT2D eigenvalue weighted by atomic mass is 16.6. The molecule has 38 heteroatoms. The quantitative estimate of drug-likeness (QED) is 0.0255. The van der Waals surface area contributed by atoms with Crippen molar-refractivity contribution in [2.75, 3.05) is 205 Å². The molecular weight excluding hydrogens is 1920 g/mol. The van der Waals surface area contributed by atoms with Crippen molar-refractivity contribution in [1.29, 1.82) is 0 Å². The minimum absolute atomic E-state index is 0.0337. The Morgan fingerprint density at radius 2 is 0.304 bits per heavy atom. The van der Waals surface area contributed by atoms with Crippen LogP contribution in [0.15, 0.2) is 0 Å². The van der Waals surface area contributed by atoms with Crippen LogP contribution in [-0.4, -0.2) is 324 Å². The summed E-state index contributed by atoms with van der Waals surface area (Å²) in [7, 11) is 0. The van der Waals surface area contributed by atoms with E-state index in [0.717, 1.165) is 141 Å². The lowest BCUT2D eigenvalue weighted by atomic mass is 9.94. The number of ketones is 6. The van der Waals surface area contributed by atoms with Crippen molar-refractivity contribution in [2.45, 2.75) is 393 Å². The molecule has 0 heterocycles. The molecule has 0 rings (SSSR count). The summed E-state index contributed by atoms with van der Waals surface area (Å²) in [4.78, 5) is 172. The molecule has 0 aromatic rings. The number of ether oxygens (including phenoxy) is 14. The van der Waals surface area contributed by atoms with Crippen molar-refractivity contribution in [3.63, 3.8) is 0 Å². The standard InChI is InChI=1S/C40H73NO13.C36H65NO11.C34H61NO11/c1-35(42)20-22-49-24-26-51-28-30-53-32-33-54-31-29-52-27-25-50-23-21-41-38(44)19-18-36(40(47)48)34-37(43)16-14-12-10-8-6-4-2-3-5-7-9-11-13-15-17-39(45)46;1-31(38)20-22-45-24-26-47-28-29-48-27-25-46-23-21-37-34(40)19-18-32(36(43)44)30-33(39)16-14-12-10-8-6-4-2-3-5-7-9-11-13-15-17-35(41)42;1-29(36)18-20-43-22-24-45-26-27-46-25-23-44-21-19-35-32(38)17-16-30(34(41)42)28-31(37)14-12-10-8-6-4-2-3-5-7-9-11-13-15-33(39)40/h36H,2-34H2,1H3,(H,41,44)(H,45,46)(H,47,48);32H,2-30H2,1H3,(H,37,40)(H,41,42)(H,43,44);30H,2-28H2,1H3,(H,35,38)(H,39,40)(H,41,42)/t36-;32-;30-/m111/s1. The van der Waals surface area contributed by atoms with Gasteiger partial charge in [0.05, 0.1) is 203 Å². The first-order chi connectivity index (χ1) is 71.7. The number of unbranched alkanes of at least 4 members (excludes halogenated alkanes) is 37. The fourth-order valence-corrected chi connectivity index (χ4v) is 15.2. The van der Waals surface area contributed by atoms with E-state index in [4.69, 9.17) is 81.6 Å².